The molecule has 2 fully saturated rings. The average Bonchev–Trinajstić information content (AvgIpc) is 2.84. The van der Waals surface area contributed by atoms with Crippen molar-refractivity contribution in [2.45, 2.75) is 89.6 Å². The third kappa shape index (κ3) is 5.33. The summed E-state index contributed by atoms with van der Waals surface area (Å²) in [7, 11) is 0. The molecule has 2 rings (SSSR count). The first-order chi connectivity index (χ1) is 10.2. The molecular weight excluding hydrogens is 264 g/mol. The number of amides is 2. The lowest BCUT2D eigenvalue weighted by atomic mass is 10.1. The van der Waals surface area contributed by atoms with Crippen LogP contribution in [0.15, 0.2) is 0 Å². The van der Waals surface area contributed by atoms with Gasteiger partial charge in [0.1, 0.15) is 0 Å². The van der Waals surface area contributed by atoms with Gasteiger partial charge >= 0.3 is 0 Å². The largest absolute Gasteiger partial charge is 0.353 e. The van der Waals surface area contributed by atoms with Gasteiger partial charge in [-0.3, -0.25) is 9.59 Å². The maximum absolute atomic E-state index is 12.1. The first-order valence-electron chi connectivity index (χ1n) is 8.73. The zero-order chi connectivity index (χ0) is 15.1. The highest BCUT2D eigenvalue weighted by Crippen LogP contribution is 2.23. The Labute approximate surface area is 128 Å². The van der Waals surface area contributed by atoms with E-state index in [9.17, 15) is 9.59 Å². The summed E-state index contributed by atoms with van der Waals surface area (Å²) >= 11 is 0. The van der Waals surface area contributed by atoms with Gasteiger partial charge in [-0.05, 0) is 25.7 Å². The molecule has 2 amide bonds. The molecule has 0 saturated heterocycles. The smallest absolute Gasteiger partial charge is 0.221 e. The van der Waals surface area contributed by atoms with Gasteiger partial charge in [-0.25, -0.2) is 0 Å². The molecule has 0 radical (unpaired) electrons. The number of nitrogens with one attached hydrogen (secondary N) is 1. The minimum Gasteiger partial charge on any atom is -0.353 e. The summed E-state index contributed by atoms with van der Waals surface area (Å²) in [5.74, 6) is 0.232. The van der Waals surface area contributed by atoms with Crippen LogP contribution in [0, 0.1) is 0 Å². The second kappa shape index (κ2) is 8.40. The normalized spacial score (nSPS) is 21.0. The molecule has 0 aliphatic heterocycles. The van der Waals surface area contributed by atoms with E-state index in [1.54, 1.807) is 6.92 Å². The molecule has 0 aromatic heterocycles. The molecule has 0 aromatic carbocycles. The fourth-order valence-electron chi connectivity index (χ4n) is 3.76. The Morgan fingerprint density at radius 2 is 1.52 bits per heavy atom. The Hall–Kier alpha value is -1.06. The van der Waals surface area contributed by atoms with E-state index >= 15 is 0 Å². The summed E-state index contributed by atoms with van der Waals surface area (Å²) in [5.41, 5.74) is 0. The first kappa shape index (κ1) is 16.3. The number of carbonyl (C=O) groups is 2. The maximum Gasteiger partial charge on any atom is 0.221 e. The summed E-state index contributed by atoms with van der Waals surface area (Å²) < 4.78 is 0. The standard InChI is InChI=1S/C17H30N2O2/c1-14(20)19(16-10-6-7-11-16)13-12-17(21)18-15-8-4-2-3-5-9-15/h15-16H,2-13H2,1H3,(H,18,21). The number of hydrogen-bond donors (Lipinski definition) is 1. The number of carbonyl (C=O) groups excluding carboxylic acids is 2. The van der Waals surface area contributed by atoms with E-state index in [0.29, 0.717) is 25.0 Å². The third-order valence-electron chi connectivity index (χ3n) is 4.97. The highest BCUT2D eigenvalue weighted by atomic mass is 16.2. The molecule has 2 aliphatic carbocycles. The molecule has 0 aromatic rings. The van der Waals surface area contributed by atoms with Gasteiger partial charge in [0.2, 0.25) is 11.8 Å². The topological polar surface area (TPSA) is 49.4 Å². The van der Waals surface area contributed by atoms with Crippen LogP contribution in [0.1, 0.15) is 77.6 Å². The van der Waals surface area contributed by atoms with Crippen molar-refractivity contribution < 1.29 is 9.59 Å². The molecule has 0 spiro atoms. The number of nitrogens with zero attached hydrogens (tertiary/aromatic N) is 1. The molecule has 0 heterocycles. The van der Waals surface area contributed by atoms with Crippen LogP contribution in [0.25, 0.3) is 0 Å². The van der Waals surface area contributed by atoms with Crippen molar-refractivity contribution in [2.24, 2.45) is 0 Å². The SMILES string of the molecule is CC(=O)N(CCC(=O)NC1CCCCCC1)C1CCCC1. The van der Waals surface area contributed by atoms with Crippen molar-refractivity contribution >= 4 is 11.8 Å². The lowest BCUT2D eigenvalue weighted by Crippen LogP contribution is -2.41. The van der Waals surface area contributed by atoms with Gasteiger partial charge in [-0.1, -0.05) is 38.5 Å². The van der Waals surface area contributed by atoms with Crippen LogP contribution in [0.5, 0.6) is 0 Å². The molecule has 0 atom stereocenters. The molecule has 2 saturated carbocycles. The monoisotopic (exact) mass is 294 g/mol. The van der Waals surface area contributed by atoms with Crippen LogP contribution in [-0.4, -0.2) is 35.3 Å². The molecule has 2 aliphatic rings. The van der Waals surface area contributed by atoms with E-state index in [2.05, 4.69) is 5.32 Å². The van der Waals surface area contributed by atoms with Gasteiger partial charge in [0.25, 0.3) is 0 Å². The Balaban J connectivity index is 1.74. The molecule has 4 nitrogen and oxygen atoms in total. The van der Waals surface area contributed by atoms with Crippen LogP contribution >= 0.6 is 0 Å². The summed E-state index contributed by atoms with van der Waals surface area (Å²) in [6.07, 6.45) is 12.4. The van der Waals surface area contributed by atoms with E-state index < -0.39 is 0 Å². The Morgan fingerprint density at radius 1 is 0.952 bits per heavy atom. The number of hydrogen-bond acceptors (Lipinski definition) is 2. The predicted molar refractivity (Wildman–Crippen MR) is 83.9 cm³/mol. The van der Waals surface area contributed by atoms with Gasteiger partial charge in [-0.2, -0.15) is 0 Å². The summed E-state index contributed by atoms with van der Waals surface area (Å²) in [5, 5.41) is 3.17. The second-order valence-corrected chi connectivity index (χ2v) is 6.66. The van der Waals surface area contributed by atoms with Gasteiger partial charge in [-0.15, -0.1) is 0 Å². The average molecular weight is 294 g/mol. The van der Waals surface area contributed by atoms with Crippen molar-refractivity contribution in [1.82, 2.24) is 10.2 Å². The fraction of sp³-hybridized carbons (Fsp3) is 0.882. The van der Waals surface area contributed by atoms with E-state index in [0.717, 1.165) is 25.7 Å². The van der Waals surface area contributed by atoms with Crippen molar-refractivity contribution in [2.75, 3.05) is 6.54 Å². The molecule has 1 N–H and O–H groups in total. The van der Waals surface area contributed by atoms with Crippen LogP contribution in [-0.2, 0) is 9.59 Å². The van der Waals surface area contributed by atoms with Crippen LogP contribution in [0.2, 0.25) is 0 Å². The van der Waals surface area contributed by atoms with Gasteiger partial charge in [0, 0.05) is 32.0 Å². The highest BCUT2D eigenvalue weighted by Gasteiger charge is 2.25. The Kier molecular flexibility index (Phi) is 6.52. The van der Waals surface area contributed by atoms with Crippen molar-refractivity contribution in [3.05, 3.63) is 0 Å². The fourth-order valence-corrected chi connectivity index (χ4v) is 3.76. The molecular formula is C17H30N2O2. The third-order valence-corrected chi connectivity index (χ3v) is 4.97. The van der Waals surface area contributed by atoms with E-state index in [-0.39, 0.29) is 11.8 Å². The van der Waals surface area contributed by atoms with Crippen molar-refractivity contribution in [3.8, 4) is 0 Å². The molecule has 21 heavy (non-hydrogen) atoms. The summed E-state index contributed by atoms with van der Waals surface area (Å²) in [4.78, 5) is 25.8. The minimum atomic E-state index is 0.115. The molecule has 120 valence electrons. The van der Waals surface area contributed by atoms with Crippen LogP contribution < -0.4 is 5.32 Å². The minimum absolute atomic E-state index is 0.115. The lowest BCUT2D eigenvalue weighted by Gasteiger charge is -2.28. The van der Waals surface area contributed by atoms with E-state index in [4.69, 9.17) is 0 Å². The van der Waals surface area contributed by atoms with Crippen molar-refractivity contribution in [3.63, 3.8) is 0 Å². The molecule has 0 bridgehead atoms. The highest BCUT2D eigenvalue weighted by molar-refractivity contribution is 5.78. The maximum atomic E-state index is 12.1. The lowest BCUT2D eigenvalue weighted by molar-refractivity contribution is -0.132. The predicted octanol–water partition coefficient (Wildman–Crippen LogP) is 3.01. The van der Waals surface area contributed by atoms with Gasteiger partial charge < -0.3 is 10.2 Å². The summed E-state index contributed by atoms with van der Waals surface area (Å²) in [6.45, 7) is 2.21. The summed E-state index contributed by atoms with van der Waals surface area (Å²) in [6, 6.07) is 0.727. The Morgan fingerprint density at radius 3 is 2.10 bits per heavy atom. The molecule has 4 heteroatoms. The second-order valence-electron chi connectivity index (χ2n) is 6.66. The number of rotatable bonds is 5. The van der Waals surface area contributed by atoms with Crippen LogP contribution in [0.4, 0.5) is 0 Å². The van der Waals surface area contributed by atoms with Crippen molar-refractivity contribution in [1.29, 1.82) is 0 Å². The first-order valence-corrected chi connectivity index (χ1v) is 8.73. The van der Waals surface area contributed by atoms with Crippen LogP contribution in [0.3, 0.4) is 0 Å². The van der Waals surface area contributed by atoms with Gasteiger partial charge in [0.05, 0.1) is 0 Å². The zero-order valence-corrected chi connectivity index (χ0v) is 13.4. The van der Waals surface area contributed by atoms with E-state index in [1.807, 2.05) is 4.90 Å². The van der Waals surface area contributed by atoms with E-state index in [1.165, 1.54) is 38.5 Å². The zero-order valence-electron chi connectivity index (χ0n) is 13.4. The quantitative estimate of drug-likeness (QED) is 0.792. The Bertz CT molecular complexity index is 343. The molecule has 0 unspecified atom stereocenters. The van der Waals surface area contributed by atoms with Gasteiger partial charge in [0.15, 0.2) is 0 Å².